The van der Waals surface area contributed by atoms with E-state index in [4.69, 9.17) is 0 Å². The molecule has 0 unspecified atom stereocenters. The van der Waals surface area contributed by atoms with Crippen LogP contribution in [0.4, 0.5) is 10.1 Å². The fourth-order valence-corrected chi connectivity index (χ4v) is 1.60. The number of hydrogen-bond donors (Lipinski definition) is 1. The zero-order chi connectivity index (χ0) is 14.4. The van der Waals surface area contributed by atoms with Crippen molar-refractivity contribution in [3.8, 4) is 0 Å². The van der Waals surface area contributed by atoms with Gasteiger partial charge in [-0.15, -0.1) is 0 Å². The molecule has 1 rings (SSSR count). The standard InChI is InChI=1S/C14H22FN3O/c1-11(19)18(4)10-12-5-6-14(13(15)9-12)16-7-8-17(2)3/h5-6,9,16H,7-8,10H2,1-4H3. The van der Waals surface area contributed by atoms with Gasteiger partial charge in [0.25, 0.3) is 0 Å². The molecule has 106 valence electrons. The largest absolute Gasteiger partial charge is 0.381 e. The molecule has 0 aliphatic carbocycles. The second-order valence-corrected chi connectivity index (χ2v) is 4.92. The van der Waals surface area contributed by atoms with Crippen molar-refractivity contribution in [2.75, 3.05) is 39.5 Å². The molecule has 0 saturated carbocycles. The fourth-order valence-electron chi connectivity index (χ4n) is 1.60. The van der Waals surface area contributed by atoms with Crippen LogP contribution in [0.1, 0.15) is 12.5 Å². The van der Waals surface area contributed by atoms with Gasteiger partial charge in [-0.1, -0.05) is 6.07 Å². The normalized spacial score (nSPS) is 10.6. The third kappa shape index (κ3) is 5.26. The number of nitrogens with one attached hydrogen (secondary N) is 1. The third-order valence-corrected chi connectivity index (χ3v) is 2.87. The van der Waals surface area contributed by atoms with Gasteiger partial charge in [-0.05, 0) is 31.8 Å². The zero-order valence-electron chi connectivity index (χ0n) is 12.0. The highest BCUT2D eigenvalue weighted by atomic mass is 19.1. The molecule has 0 aliphatic rings. The maximum absolute atomic E-state index is 13.8. The van der Waals surface area contributed by atoms with Crippen molar-refractivity contribution in [3.63, 3.8) is 0 Å². The van der Waals surface area contributed by atoms with E-state index in [-0.39, 0.29) is 11.7 Å². The van der Waals surface area contributed by atoms with E-state index in [1.165, 1.54) is 13.0 Å². The molecule has 0 bridgehead atoms. The van der Waals surface area contributed by atoms with Gasteiger partial charge in [0, 0.05) is 33.6 Å². The van der Waals surface area contributed by atoms with Crippen LogP contribution >= 0.6 is 0 Å². The first-order chi connectivity index (χ1) is 8.90. The van der Waals surface area contributed by atoms with E-state index in [9.17, 15) is 9.18 Å². The minimum absolute atomic E-state index is 0.0337. The Balaban J connectivity index is 2.61. The summed E-state index contributed by atoms with van der Waals surface area (Å²) in [5, 5.41) is 3.05. The fraction of sp³-hybridized carbons (Fsp3) is 0.500. The van der Waals surface area contributed by atoms with Crippen molar-refractivity contribution >= 4 is 11.6 Å². The number of anilines is 1. The van der Waals surface area contributed by atoms with E-state index in [0.29, 0.717) is 18.8 Å². The summed E-state index contributed by atoms with van der Waals surface area (Å²) < 4.78 is 13.8. The van der Waals surface area contributed by atoms with Crippen LogP contribution in [0.15, 0.2) is 18.2 Å². The number of nitrogens with zero attached hydrogens (tertiary/aromatic N) is 2. The number of halogens is 1. The Morgan fingerprint density at radius 3 is 2.53 bits per heavy atom. The predicted octanol–water partition coefficient (Wildman–Crippen LogP) is 1.78. The van der Waals surface area contributed by atoms with Crippen LogP contribution in [0, 0.1) is 5.82 Å². The van der Waals surface area contributed by atoms with Crippen molar-refractivity contribution in [1.29, 1.82) is 0 Å². The number of likely N-dealkylation sites (N-methyl/N-ethyl adjacent to an activating group) is 1. The predicted molar refractivity (Wildman–Crippen MR) is 75.6 cm³/mol. The summed E-state index contributed by atoms with van der Waals surface area (Å²) >= 11 is 0. The van der Waals surface area contributed by atoms with Gasteiger partial charge in [0.05, 0.1) is 5.69 Å². The van der Waals surface area contributed by atoms with Gasteiger partial charge in [-0.2, -0.15) is 0 Å². The molecule has 1 aromatic carbocycles. The van der Waals surface area contributed by atoms with Gasteiger partial charge in [-0.3, -0.25) is 4.79 Å². The molecule has 0 fully saturated rings. The molecule has 1 N–H and O–H groups in total. The first-order valence-corrected chi connectivity index (χ1v) is 6.29. The number of benzene rings is 1. The molecule has 0 saturated heterocycles. The molecule has 0 aliphatic heterocycles. The zero-order valence-corrected chi connectivity index (χ0v) is 12.0. The van der Waals surface area contributed by atoms with Gasteiger partial charge >= 0.3 is 0 Å². The summed E-state index contributed by atoms with van der Waals surface area (Å²) in [4.78, 5) is 14.7. The first kappa shape index (κ1) is 15.4. The van der Waals surface area contributed by atoms with Crippen LogP contribution in [0.2, 0.25) is 0 Å². The van der Waals surface area contributed by atoms with Crippen LogP contribution in [0.3, 0.4) is 0 Å². The second kappa shape index (κ2) is 7.09. The Labute approximate surface area is 114 Å². The van der Waals surface area contributed by atoms with Crippen LogP contribution < -0.4 is 5.32 Å². The Morgan fingerprint density at radius 2 is 2.00 bits per heavy atom. The van der Waals surface area contributed by atoms with E-state index < -0.39 is 0 Å². The number of rotatable bonds is 6. The van der Waals surface area contributed by atoms with Crippen LogP contribution in [0.25, 0.3) is 0 Å². The minimum Gasteiger partial charge on any atom is -0.381 e. The van der Waals surface area contributed by atoms with Crippen molar-refractivity contribution in [3.05, 3.63) is 29.6 Å². The quantitative estimate of drug-likeness (QED) is 0.853. The summed E-state index contributed by atoms with van der Waals surface area (Å²) in [6, 6.07) is 5.02. The molecular weight excluding hydrogens is 245 g/mol. The maximum Gasteiger partial charge on any atom is 0.219 e. The number of carbonyl (C=O) groups excluding carboxylic acids is 1. The molecule has 1 amide bonds. The van der Waals surface area contributed by atoms with E-state index >= 15 is 0 Å². The first-order valence-electron chi connectivity index (χ1n) is 6.29. The lowest BCUT2D eigenvalue weighted by Gasteiger charge is -2.16. The second-order valence-electron chi connectivity index (χ2n) is 4.92. The highest BCUT2D eigenvalue weighted by Crippen LogP contribution is 2.16. The average Bonchev–Trinajstić information content (AvgIpc) is 2.31. The van der Waals surface area contributed by atoms with E-state index in [2.05, 4.69) is 5.32 Å². The lowest BCUT2D eigenvalue weighted by molar-refractivity contribution is -0.128. The monoisotopic (exact) mass is 267 g/mol. The van der Waals surface area contributed by atoms with Gasteiger partial charge in [0.2, 0.25) is 5.91 Å². The van der Waals surface area contributed by atoms with Crippen LogP contribution in [-0.2, 0) is 11.3 Å². The minimum atomic E-state index is -0.284. The van der Waals surface area contributed by atoms with Crippen molar-refractivity contribution < 1.29 is 9.18 Å². The maximum atomic E-state index is 13.8. The number of hydrogen-bond acceptors (Lipinski definition) is 3. The van der Waals surface area contributed by atoms with Crippen molar-refractivity contribution in [2.24, 2.45) is 0 Å². The summed E-state index contributed by atoms with van der Waals surface area (Å²) in [5.74, 6) is -0.318. The van der Waals surface area contributed by atoms with Crippen LogP contribution in [0.5, 0.6) is 0 Å². The Morgan fingerprint density at radius 1 is 1.32 bits per heavy atom. The molecule has 19 heavy (non-hydrogen) atoms. The lowest BCUT2D eigenvalue weighted by atomic mass is 10.2. The smallest absolute Gasteiger partial charge is 0.219 e. The van der Waals surface area contributed by atoms with E-state index in [1.807, 2.05) is 25.1 Å². The molecule has 4 nitrogen and oxygen atoms in total. The Hall–Kier alpha value is -1.62. The Kier molecular flexibility index (Phi) is 5.76. The molecule has 0 aromatic heterocycles. The van der Waals surface area contributed by atoms with Gasteiger partial charge < -0.3 is 15.1 Å². The summed E-state index contributed by atoms with van der Waals surface area (Å²) in [6.45, 7) is 3.45. The molecule has 0 atom stereocenters. The SMILES string of the molecule is CC(=O)N(C)Cc1ccc(NCCN(C)C)c(F)c1. The number of amides is 1. The highest BCUT2D eigenvalue weighted by molar-refractivity contribution is 5.72. The summed E-state index contributed by atoms with van der Waals surface area (Å²) in [7, 11) is 5.64. The third-order valence-electron chi connectivity index (χ3n) is 2.87. The van der Waals surface area contributed by atoms with E-state index in [0.717, 1.165) is 12.1 Å². The average molecular weight is 267 g/mol. The van der Waals surface area contributed by atoms with Crippen LogP contribution in [-0.4, -0.2) is 49.9 Å². The number of carbonyl (C=O) groups is 1. The molecular formula is C14H22FN3O. The highest BCUT2D eigenvalue weighted by Gasteiger charge is 2.07. The summed E-state index contributed by atoms with van der Waals surface area (Å²) in [5.41, 5.74) is 1.28. The topological polar surface area (TPSA) is 35.6 Å². The molecule has 0 radical (unpaired) electrons. The van der Waals surface area contributed by atoms with Gasteiger partial charge in [0.1, 0.15) is 5.82 Å². The van der Waals surface area contributed by atoms with Gasteiger partial charge in [-0.25, -0.2) is 4.39 Å². The van der Waals surface area contributed by atoms with Gasteiger partial charge in [0.15, 0.2) is 0 Å². The van der Waals surface area contributed by atoms with Crippen molar-refractivity contribution in [2.45, 2.75) is 13.5 Å². The van der Waals surface area contributed by atoms with Crippen molar-refractivity contribution in [1.82, 2.24) is 9.80 Å². The lowest BCUT2D eigenvalue weighted by Crippen LogP contribution is -2.23. The molecule has 1 aromatic rings. The van der Waals surface area contributed by atoms with E-state index in [1.54, 1.807) is 18.0 Å². The molecule has 0 spiro atoms. The molecule has 5 heteroatoms. The molecule has 0 heterocycles. The Bertz CT molecular complexity index is 435. The summed E-state index contributed by atoms with van der Waals surface area (Å²) in [6.07, 6.45) is 0.